The zero-order valence-corrected chi connectivity index (χ0v) is 6.85. The molecule has 1 rings (SSSR count). The average molecular weight is 209 g/mol. The van der Waals surface area contributed by atoms with Gasteiger partial charge in [0, 0.05) is 0 Å². The molecule has 14 heavy (non-hydrogen) atoms. The molecule has 0 saturated heterocycles. The van der Waals surface area contributed by atoms with Crippen molar-refractivity contribution < 1.29 is 22.7 Å². The summed E-state index contributed by atoms with van der Waals surface area (Å²) in [5.41, 5.74) is 4.15. The lowest BCUT2D eigenvalue weighted by Gasteiger charge is -2.14. The van der Waals surface area contributed by atoms with Crippen molar-refractivity contribution in [3.8, 4) is 0 Å². The molecule has 2 nitrogen and oxygen atoms in total. The highest BCUT2D eigenvalue weighted by Crippen LogP contribution is 2.33. The van der Waals surface area contributed by atoms with Crippen molar-refractivity contribution in [1.29, 1.82) is 0 Å². The summed E-state index contributed by atoms with van der Waals surface area (Å²) in [6, 6.07) is 2.37. The van der Waals surface area contributed by atoms with Gasteiger partial charge in [-0.2, -0.15) is 13.2 Å². The fourth-order valence-electron chi connectivity index (χ4n) is 0.921. The van der Waals surface area contributed by atoms with E-state index in [-0.39, 0.29) is 0 Å². The molecule has 0 saturated carbocycles. The van der Waals surface area contributed by atoms with Crippen LogP contribution in [0.25, 0.3) is 0 Å². The summed E-state index contributed by atoms with van der Waals surface area (Å²) >= 11 is 0. The van der Waals surface area contributed by atoms with Crippen LogP contribution in [0.2, 0.25) is 0 Å². The van der Waals surface area contributed by atoms with Crippen LogP contribution in [0.5, 0.6) is 0 Å². The molecule has 1 unspecified atom stereocenters. The van der Waals surface area contributed by atoms with Crippen LogP contribution in [0.4, 0.5) is 23.2 Å². The van der Waals surface area contributed by atoms with Crippen LogP contribution in [0.3, 0.4) is 0 Å². The van der Waals surface area contributed by atoms with Gasteiger partial charge in [-0.15, -0.1) is 0 Å². The van der Waals surface area contributed by atoms with E-state index >= 15 is 0 Å². The maximum Gasteiger partial charge on any atom is 0.418 e. The molecule has 1 aromatic rings. The van der Waals surface area contributed by atoms with Gasteiger partial charge in [0.05, 0.1) is 5.69 Å². The van der Waals surface area contributed by atoms with Crippen LogP contribution >= 0.6 is 0 Å². The minimum absolute atomic E-state index is 0.425. The predicted molar refractivity (Wildman–Crippen MR) is 41.8 cm³/mol. The van der Waals surface area contributed by atoms with E-state index < -0.39 is 29.3 Å². The zero-order valence-electron chi connectivity index (χ0n) is 6.85. The first-order chi connectivity index (χ1) is 6.32. The van der Waals surface area contributed by atoms with E-state index in [0.29, 0.717) is 0 Å². The van der Waals surface area contributed by atoms with Crippen molar-refractivity contribution in [3.05, 3.63) is 29.6 Å². The molecule has 0 aliphatic rings. The van der Waals surface area contributed by atoms with Crippen molar-refractivity contribution >= 4 is 5.69 Å². The Morgan fingerprint density at radius 3 is 2.29 bits per heavy atom. The summed E-state index contributed by atoms with van der Waals surface area (Å²) < 4.78 is 48.5. The fourth-order valence-corrected chi connectivity index (χ4v) is 0.921. The zero-order chi connectivity index (χ0) is 10.9. The van der Waals surface area contributed by atoms with Gasteiger partial charge in [0.1, 0.15) is 5.82 Å². The number of benzene rings is 1. The van der Waals surface area contributed by atoms with E-state index in [1.54, 1.807) is 0 Å². The summed E-state index contributed by atoms with van der Waals surface area (Å²) in [4.78, 5) is 0. The molecule has 78 valence electrons. The highest BCUT2D eigenvalue weighted by molar-refractivity contribution is 5.43. The highest BCUT2D eigenvalue weighted by atomic mass is 19.4. The van der Waals surface area contributed by atoms with Crippen LogP contribution in [0.15, 0.2) is 18.2 Å². The molecule has 1 aromatic carbocycles. The quantitative estimate of drug-likeness (QED) is 0.549. The Morgan fingerprint density at radius 2 is 1.86 bits per heavy atom. The van der Waals surface area contributed by atoms with Gasteiger partial charge in [-0.3, -0.25) is 0 Å². The molecular formula is C8H7F4NO. The van der Waals surface area contributed by atoms with Gasteiger partial charge in [0.2, 0.25) is 0 Å². The van der Waals surface area contributed by atoms with Crippen molar-refractivity contribution in [1.82, 2.24) is 0 Å². The van der Waals surface area contributed by atoms with E-state index in [1.807, 2.05) is 0 Å². The third-order valence-corrected chi connectivity index (χ3v) is 1.65. The average Bonchev–Trinajstić information content (AvgIpc) is 2.07. The van der Waals surface area contributed by atoms with Gasteiger partial charge in [0.25, 0.3) is 0 Å². The summed E-state index contributed by atoms with van der Waals surface area (Å²) in [6.07, 6.45) is -7.41. The van der Waals surface area contributed by atoms with Crippen LogP contribution in [0, 0.1) is 5.82 Å². The van der Waals surface area contributed by atoms with Gasteiger partial charge in [-0.1, -0.05) is 6.07 Å². The monoisotopic (exact) mass is 209 g/mol. The lowest BCUT2D eigenvalue weighted by Crippen LogP contribution is -2.20. The number of nitrogens with two attached hydrogens (primary N) is 1. The number of aliphatic hydroxyl groups is 1. The van der Waals surface area contributed by atoms with Crippen molar-refractivity contribution in [2.24, 2.45) is 0 Å². The summed E-state index contributed by atoms with van der Waals surface area (Å²) in [5.74, 6) is -0.817. The Kier molecular flexibility index (Phi) is 2.66. The number of anilines is 1. The molecule has 0 radical (unpaired) electrons. The van der Waals surface area contributed by atoms with Gasteiger partial charge in [-0.25, -0.2) is 4.39 Å². The third-order valence-electron chi connectivity index (χ3n) is 1.65. The second-order valence-corrected chi connectivity index (χ2v) is 2.73. The van der Waals surface area contributed by atoms with Crippen LogP contribution in [0.1, 0.15) is 11.7 Å². The molecule has 0 bridgehead atoms. The summed E-state index contributed by atoms with van der Waals surface area (Å²) in [7, 11) is 0. The number of aliphatic hydroxyl groups excluding tert-OH is 1. The highest BCUT2D eigenvalue weighted by Gasteiger charge is 2.39. The Labute approximate surface area is 77.0 Å². The summed E-state index contributed by atoms with van der Waals surface area (Å²) in [6.45, 7) is 0. The SMILES string of the molecule is Nc1cc(C(O)C(F)(F)F)ccc1F. The lowest BCUT2D eigenvalue weighted by atomic mass is 10.1. The number of alkyl halides is 3. The summed E-state index contributed by atoms with van der Waals surface area (Å²) in [5, 5.41) is 8.77. The topological polar surface area (TPSA) is 46.2 Å². The van der Waals surface area contributed by atoms with Crippen LogP contribution in [-0.2, 0) is 0 Å². The van der Waals surface area contributed by atoms with Gasteiger partial charge < -0.3 is 10.8 Å². The molecule has 0 amide bonds. The first-order valence-corrected chi connectivity index (χ1v) is 3.62. The number of rotatable bonds is 1. The van der Waals surface area contributed by atoms with Crippen molar-refractivity contribution in [3.63, 3.8) is 0 Å². The third kappa shape index (κ3) is 2.14. The van der Waals surface area contributed by atoms with E-state index in [0.717, 1.165) is 18.2 Å². The first-order valence-electron chi connectivity index (χ1n) is 3.62. The van der Waals surface area contributed by atoms with Gasteiger partial charge in [-0.05, 0) is 17.7 Å². The van der Waals surface area contributed by atoms with Gasteiger partial charge in [0.15, 0.2) is 6.10 Å². The van der Waals surface area contributed by atoms with E-state index in [4.69, 9.17) is 10.8 Å². The molecule has 6 heteroatoms. The largest absolute Gasteiger partial charge is 0.418 e. The van der Waals surface area contributed by atoms with Crippen LogP contribution in [-0.4, -0.2) is 11.3 Å². The molecule has 0 spiro atoms. The Hall–Kier alpha value is -1.30. The number of hydrogen-bond acceptors (Lipinski definition) is 2. The Morgan fingerprint density at radius 1 is 1.29 bits per heavy atom. The molecule has 0 heterocycles. The second-order valence-electron chi connectivity index (χ2n) is 2.73. The van der Waals surface area contributed by atoms with E-state index in [2.05, 4.69) is 0 Å². The minimum atomic E-state index is -4.77. The molecule has 0 fully saturated rings. The molecule has 1 atom stereocenters. The smallest absolute Gasteiger partial charge is 0.396 e. The molecule has 0 aliphatic carbocycles. The first kappa shape index (κ1) is 10.8. The second kappa shape index (κ2) is 3.45. The van der Waals surface area contributed by atoms with Crippen molar-refractivity contribution in [2.75, 3.05) is 5.73 Å². The Bertz CT molecular complexity index is 337. The number of hydrogen-bond donors (Lipinski definition) is 2. The van der Waals surface area contributed by atoms with Gasteiger partial charge >= 0.3 is 6.18 Å². The predicted octanol–water partition coefficient (Wildman–Crippen LogP) is 2.00. The molecule has 0 aliphatic heterocycles. The fraction of sp³-hybridized carbons (Fsp3) is 0.250. The van der Waals surface area contributed by atoms with Crippen molar-refractivity contribution in [2.45, 2.75) is 12.3 Å². The Balaban J connectivity index is 3.03. The minimum Gasteiger partial charge on any atom is -0.396 e. The maximum absolute atomic E-state index is 12.6. The maximum atomic E-state index is 12.6. The van der Waals surface area contributed by atoms with Crippen LogP contribution < -0.4 is 5.73 Å². The molecule has 0 aromatic heterocycles. The number of halogens is 4. The normalized spacial score (nSPS) is 14.1. The standard InChI is InChI=1S/C8H7F4NO/c9-5-2-1-4(3-6(5)13)7(14)8(10,11)12/h1-3,7,14H,13H2. The molecular weight excluding hydrogens is 202 g/mol. The molecule has 3 N–H and O–H groups in total. The lowest BCUT2D eigenvalue weighted by molar-refractivity contribution is -0.206. The van der Waals surface area contributed by atoms with E-state index in [9.17, 15) is 17.6 Å². The van der Waals surface area contributed by atoms with E-state index in [1.165, 1.54) is 0 Å². The number of nitrogen functional groups attached to an aromatic ring is 1.